The Labute approximate surface area is 239 Å². The lowest BCUT2D eigenvalue weighted by atomic mass is 10.1. The molecule has 2 aliphatic heterocycles. The number of para-hydroxylation sites is 1. The molecule has 208 valence electrons. The molecule has 0 saturated carbocycles. The van der Waals surface area contributed by atoms with Crippen LogP contribution < -0.4 is 9.47 Å². The number of ether oxygens (including phenoxy) is 2. The lowest BCUT2D eigenvalue weighted by Gasteiger charge is -2.34. The molecule has 0 radical (unpaired) electrons. The van der Waals surface area contributed by atoms with Crippen LogP contribution in [-0.2, 0) is 17.9 Å². The van der Waals surface area contributed by atoms with Crippen molar-refractivity contribution >= 4 is 39.7 Å². The number of rotatable bonds is 7. The summed E-state index contributed by atoms with van der Waals surface area (Å²) in [6, 6.07) is 20.4. The van der Waals surface area contributed by atoms with E-state index in [2.05, 4.69) is 25.7 Å². The van der Waals surface area contributed by atoms with E-state index in [4.69, 9.17) is 14.5 Å². The maximum absolute atomic E-state index is 13.5. The normalized spacial score (nSPS) is 15.2. The minimum Gasteiger partial charge on any atom is -0.454 e. The van der Waals surface area contributed by atoms with Gasteiger partial charge in [0.2, 0.25) is 17.9 Å². The van der Waals surface area contributed by atoms with Gasteiger partial charge >= 0.3 is 0 Å². The predicted octanol–water partition coefficient (Wildman–Crippen LogP) is 4.33. The summed E-state index contributed by atoms with van der Waals surface area (Å²) < 4.78 is 26.4. The average molecular weight is 571 g/mol. The summed E-state index contributed by atoms with van der Waals surface area (Å²) in [5, 5.41) is 10.2. The van der Waals surface area contributed by atoms with Crippen LogP contribution in [0.5, 0.6) is 11.5 Å². The highest BCUT2D eigenvalue weighted by Gasteiger charge is 2.23. The summed E-state index contributed by atoms with van der Waals surface area (Å²) in [7, 11) is 0. The number of piperazine rings is 1. The highest BCUT2D eigenvalue weighted by Crippen LogP contribution is 2.33. The standard InChI is InChI=1S/C30H27FN6O3S/c31-22-8-5-20(6-9-22)17-37-24-4-2-1-3-23(24)28-29(37)32-30(34-33-28)41-18-27(38)36-13-11-35(12-14-36)16-21-7-10-25-26(15-21)40-19-39-25/h1-10,15H,11-14,16-19H2. The van der Waals surface area contributed by atoms with Gasteiger partial charge in [0.05, 0.1) is 11.3 Å². The molecular weight excluding hydrogens is 543 g/mol. The van der Waals surface area contributed by atoms with Gasteiger partial charge in [-0.1, -0.05) is 48.2 Å². The van der Waals surface area contributed by atoms with Crippen molar-refractivity contribution in [2.45, 2.75) is 18.2 Å². The number of thioether (sulfide) groups is 1. The summed E-state index contributed by atoms with van der Waals surface area (Å²) in [6.45, 7) is 4.55. The van der Waals surface area contributed by atoms with Crippen LogP contribution in [0.1, 0.15) is 11.1 Å². The molecule has 0 bridgehead atoms. The molecule has 2 aliphatic rings. The zero-order chi connectivity index (χ0) is 27.8. The Morgan fingerprint density at radius 2 is 1.66 bits per heavy atom. The molecule has 3 aromatic carbocycles. The fraction of sp³-hybridized carbons (Fsp3) is 0.267. The van der Waals surface area contributed by atoms with Crippen molar-refractivity contribution in [2.75, 3.05) is 38.7 Å². The first-order valence-corrected chi connectivity index (χ1v) is 14.5. The third-order valence-corrected chi connectivity index (χ3v) is 8.32. The Balaban J connectivity index is 1.00. The van der Waals surface area contributed by atoms with E-state index in [0.717, 1.165) is 47.6 Å². The first-order valence-electron chi connectivity index (χ1n) is 13.5. The number of amides is 1. The lowest BCUT2D eigenvalue weighted by Crippen LogP contribution is -2.48. The van der Waals surface area contributed by atoms with Gasteiger partial charge in [-0.3, -0.25) is 9.69 Å². The zero-order valence-corrected chi connectivity index (χ0v) is 23.0. The number of halogens is 1. The number of nitrogens with zero attached hydrogens (tertiary/aromatic N) is 6. The number of hydrogen-bond donors (Lipinski definition) is 0. The largest absolute Gasteiger partial charge is 0.454 e. The van der Waals surface area contributed by atoms with Crippen molar-refractivity contribution in [2.24, 2.45) is 0 Å². The zero-order valence-electron chi connectivity index (χ0n) is 22.2. The van der Waals surface area contributed by atoms with Crippen molar-refractivity contribution in [3.05, 3.63) is 83.7 Å². The summed E-state index contributed by atoms with van der Waals surface area (Å²) in [6.07, 6.45) is 0. The van der Waals surface area contributed by atoms with Crippen LogP contribution in [0, 0.1) is 5.82 Å². The summed E-state index contributed by atoms with van der Waals surface area (Å²) >= 11 is 1.30. The van der Waals surface area contributed by atoms with Crippen molar-refractivity contribution in [3.8, 4) is 11.5 Å². The molecule has 0 spiro atoms. The number of fused-ring (bicyclic) bond motifs is 4. The highest BCUT2D eigenvalue weighted by molar-refractivity contribution is 7.99. The minimum absolute atomic E-state index is 0.0632. The smallest absolute Gasteiger partial charge is 0.233 e. The van der Waals surface area contributed by atoms with Crippen LogP contribution in [0.3, 0.4) is 0 Å². The monoisotopic (exact) mass is 570 g/mol. The number of carbonyl (C=O) groups is 1. The Morgan fingerprint density at radius 1 is 0.878 bits per heavy atom. The van der Waals surface area contributed by atoms with Gasteiger partial charge in [-0.2, -0.15) is 0 Å². The van der Waals surface area contributed by atoms with E-state index in [-0.39, 0.29) is 24.3 Å². The Bertz CT molecular complexity index is 1740. The number of benzene rings is 3. The van der Waals surface area contributed by atoms with Gasteiger partial charge in [-0.15, -0.1) is 10.2 Å². The predicted molar refractivity (Wildman–Crippen MR) is 153 cm³/mol. The molecule has 9 nitrogen and oxygen atoms in total. The van der Waals surface area contributed by atoms with Gasteiger partial charge in [-0.25, -0.2) is 9.37 Å². The number of aromatic nitrogens is 4. The van der Waals surface area contributed by atoms with Crippen molar-refractivity contribution in [1.29, 1.82) is 0 Å². The first-order chi connectivity index (χ1) is 20.1. The van der Waals surface area contributed by atoms with Crippen molar-refractivity contribution < 1.29 is 18.7 Å². The van der Waals surface area contributed by atoms with E-state index >= 15 is 0 Å². The Morgan fingerprint density at radius 3 is 2.51 bits per heavy atom. The first kappa shape index (κ1) is 25.7. The molecule has 0 unspecified atom stereocenters. The SMILES string of the molecule is O=C(CSc1nnc2c3ccccc3n(Cc3ccc(F)cc3)c2n1)N1CCN(Cc2ccc3c(c2)OCO3)CC1. The molecule has 1 saturated heterocycles. The Hall–Kier alpha value is -4.22. The number of carbonyl (C=O) groups excluding carboxylic acids is 1. The molecule has 5 aromatic rings. The number of hydrogen-bond acceptors (Lipinski definition) is 8. The average Bonchev–Trinajstić information content (AvgIpc) is 3.60. The lowest BCUT2D eigenvalue weighted by molar-refractivity contribution is -0.130. The Kier molecular flexibility index (Phi) is 6.89. The third kappa shape index (κ3) is 5.30. The molecule has 1 fully saturated rings. The maximum atomic E-state index is 13.5. The van der Waals surface area contributed by atoms with Crippen LogP contribution in [0.4, 0.5) is 4.39 Å². The fourth-order valence-electron chi connectivity index (χ4n) is 5.35. The van der Waals surface area contributed by atoms with E-state index in [9.17, 15) is 9.18 Å². The maximum Gasteiger partial charge on any atom is 0.233 e. The van der Waals surface area contributed by atoms with E-state index in [0.29, 0.717) is 36.0 Å². The third-order valence-electron chi connectivity index (χ3n) is 7.50. The van der Waals surface area contributed by atoms with Crippen LogP contribution in [0.15, 0.2) is 71.9 Å². The molecule has 0 atom stereocenters. The van der Waals surface area contributed by atoms with Gasteiger partial charge < -0.3 is 18.9 Å². The summed E-state index contributed by atoms with van der Waals surface area (Å²) in [5.74, 6) is 1.61. The van der Waals surface area contributed by atoms with Gasteiger partial charge in [0, 0.05) is 44.7 Å². The topological polar surface area (TPSA) is 85.6 Å². The van der Waals surface area contributed by atoms with E-state index < -0.39 is 0 Å². The molecule has 0 N–H and O–H groups in total. The molecule has 2 aromatic heterocycles. The fourth-order valence-corrected chi connectivity index (χ4v) is 6.04. The molecular formula is C30H27FN6O3S. The van der Waals surface area contributed by atoms with Crippen LogP contribution in [0.2, 0.25) is 0 Å². The van der Waals surface area contributed by atoms with Crippen molar-refractivity contribution in [1.82, 2.24) is 29.5 Å². The van der Waals surface area contributed by atoms with Crippen LogP contribution in [-0.4, -0.2) is 74.2 Å². The van der Waals surface area contributed by atoms with Crippen molar-refractivity contribution in [3.63, 3.8) is 0 Å². The second kappa shape index (κ2) is 11.0. The van der Waals surface area contributed by atoms with E-state index in [1.54, 1.807) is 12.1 Å². The molecule has 1 amide bonds. The van der Waals surface area contributed by atoms with E-state index in [1.807, 2.05) is 41.3 Å². The molecule has 0 aliphatic carbocycles. The van der Waals surface area contributed by atoms with Crippen LogP contribution in [0.25, 0.3) is 22.1 Å². The summed E-state index contributed by atoms with van der Waals surface area (Å²) in [4.78, 5) is 22.1. The van der Waals surface area contributed by atoms with Gasteiger partial charge in [-0.05, 0) is 41.5 Å². The van der Waals surface area contributed by atoms with E-state index in [1.165, 1.54) is 29.5 Å². The van der Waals surface area contributed by atoms with Gasteiger partial charge in [0.1, 0.15) is 11.3 Å². The van der Waals surface area contributed by atoms with Gasteiger partial charge in [0.15, 0.2) is 17.1 Å². The molecule has 11 heteroatoms. The second-order valence-electron chi connectivity index (χ2n) is 10.1. The molecule has 4 heterocycles. The molecule has 41 heavy (non-hydrogen) atoms. The highest BCUT2D eigenvalue weighted by atomic mass is 32.2. The minimum atomic E-state index is -0.269. The molecule has 7 rings (SSSR count). The second-order valence-corrected chi connectivity index (χ2v) is 11.1. The van der Waals surface area contributed by atoms with Gasteiger partial charge in [0.25, 0.3) is 0 Å². The van der Waals surface area contributed by atoms with Crippen LogP contribution >= 0.6 is 11.8 Å². The quantitative estimate of drug-likeness (QED) is 0.268. The summed E-state index contributed by atoms with van der Waals surface area (Å²) in [5.41, 5.74) is 4.50.